The highest BCUT2D eigenvalue weighted by atomic mass is 32.1. The van der Waals surface area contributed by atoms with E-state index in [2.05, 4.69) is 0 Å². The molecule has 2 aromatic carbocycles. The molecule has 32 heavy (non-hydrogen) atoms. The number of benzene rings is 2. The lowest BCUT2D eigenvalue weighted by Crippen LogP contribution is -2.46. The van der Waals surface area contributed by atoms with E-state index in [1.165, 1.54) is 0 Å². The Morgan fingerprint density at radius 2 is 1.59 bits per heavy atom. The lowest BCUT2D eigenvalue weighted by atomic mass is 9.81. The highest BCUT2D eigenvalue weighted by molar-refractivity contribution is 7.80. The Labute approximate surface area is 187 Å². The summed E-state index contributed by atoms with van der Waals surface area (Å²) < 4.78 is 84.0. The van der Waals surface area contributed by atoms with E-state index in [0.29, 0.717) is 31.6 Å². The van der Waals surface area contributed by atoms with Gasteiger partial charge in [0.15, 0.2) is 5.11 Å². The molecule has 2 N–H and O–H groups in total. The van der Waals surface area contributed by atoms with Crippen LogP contribution in [-0.2, 0) is 23.7 Å². The van der Waals surface area contributed by atoms with E-state index >= 15 is 0 Å². The Hall–Kier alpha value is -2.33. The van der Waals surface area contributed by atoms with Crippen LogP contribution in [0, 0.1) is 5.92 Å². The van der Waals surface area contributed by atoms with Crippen molar-refractivity contribution in [2.45, 2.75) is 31.3 Å². The van der Waals surface area contributed by atoms with Gasteiger partial charge < -0.3 is 15.4 Å². The molecule has 0 saturated carbocycles. The van der Waals surface area contributed by atoms with E-state index in [1.54, 1.807) is 0 Å². The Bertz CT molecular complexity index is 900. The topological polar surface area (TPSA) is 38.5 Å². The van der Waals surface area contributed by atoms with Crippen molar-refractivity contribution in [3.63, 3.8) is 0 Å². The molecule has 1 saturated heterocycles. The second kappa shape index (κ2) is 9.66. The summed E-state index contributed by atoms with van der Waals surface area (Å²) in [6.07, 6.45) is -9.10. The number of rotatable bonds is 5. The van der Waals surface area contributed by atoms with Crippen LogP contribution >= 0.6 is 12.2 Å². The van der Waals surface area contributed by atoms with Crippen molar-refractivity contribution >= 4 is 17.3 Å². The normalized spacial score (nSPS) is 19.8. The van der Waals surface area contributed by atoms with Gasteiger partial charge in [-0.3, -0.25) is 0 Å². The highest BCUT2D eigenvalue weighted by Gasteiger charge is 2.37. The van der Waals surface area contributed by atoms with Crippen LogP contribution in [0.2, 0.25) is 0 Å². The fourth-order valence-electron chi connectivity index (χ4n) is 3.91. The number of alkyl halides is 6. The Balaban J connectivity index is 1.74. The van der Waals surface area contributed by atoms with Crippen molar-refractivity contribution in [2.75, 3.05) is 19.7 Å². The van der Waals surface area contributed by atoms with E-state index in [-0.39, 0.29) is 41.8 Å². The van der Waals surface area contributed by atoms with Gasteiger partial charge in [0.05, 0.1) is 24.3 Å². The summed E-state index contributed by atoms with van der Waals surface area (Å²) in [4.78, 5) is 1.88. The van der Waals surface area contributed by atoms with Crippen molar-refractivity contribution in [3.05, 3.63) is 70.8 Å². The van der Waals surface area contributed by atoms with Crippen LogP contribution in [0.4, 0.5) is 26.3 Å². The van der Waals surface area contributed by atoms with Gasteiger partial charge in [0.1, 0.15) is 0 Å². The predicted octanol–water partition coefficient (Wildman–Crippen LogP) is 5.59. The minimum atomic E-state index is -4.89. The van der Waals surface area contributed by atoms with Crippen LogP contribution in [0.5, 0.6) is 0 Å². The zero-order chi connectivity index (χ0) is 23.5. The van der Waals surface area contributed by atoms with Gasteiger partial charge in [0.25, 0.3) is 0 Å². The van der Waals surface area contributed by atoms with Crippen LogP contribution in [0.1, 0.15) is 34.6 Å². The average Bonchev–Trinajstić information content (AvgIpc) is 2.73. The van der Waals surface area contributed by atoms with E-state index in [0.717, 1.165) is 5.56 Å². The van der Waals surface area contributed by atoms with Gasteiger partial charge in [-0.05, 0) is 53.9 Å². The molecule has 1 fully saturated rings. The number of hydrogen-bond acceptors (Lipinski definition) is 2. The Kier molecular flexibility index (Phi) is 7.34. The van der Waals surface area contributed by atoms with Crippen molar-refractivity contribution < 1.29 is 31.1 Å². The van der Waals surface area contributed by atoms with Gasteiger partial charge in [-0.15, -0.1) is 0 Å². The quantitative estimate of drug-likeness (QED) is 0.451. The summed E-state index contributed by atoms with van der Waals surface area (Å²) in [6.45, 7) is 0.996. The molecule has 2 atom stereocenters. The summed E-state index contributed by atoms with van der Waals surface area (Å²) in [7, 11) is 0. The van der Waals surface area contributed by atoms with Crippen molar-refractivity contribution in [1.29, 1.82) is 0 Å². The number of nitrogens with zero attached hydrogens (tertiary/aromatic N) is 1. The Morgan fingerprint density at radius 1 is 1.00 bits per heavy atom. The molecule has 0 amide bonds. The molecule has 3 nitrogen and oxygen atoms in total. The predicted molar refractivity (Wildman–Crippen MR) is 112 cm³/mol. The molecule has 174 valence electrons. The van der Waals surface area contributed by atoms with Crippen molar-refractivity contribution in [3.8, 4) is 0 Å². The molecule has 1 heterocycles. The molecule has 1 aliphatic heterocycles. The second-order valence-corrected chi connectivity index (χ2v) is 8.20. The molecule has 0 aromatic heterocycles. The van der Waals surface area contributed by atoms with E-state index < -0.39 is 23.5 Å². The number of nitrogens with two attached hydrogens (primary N) is 1. The lowest BCUT2D eigenvalue weighted by molar-refractivity contribution is -0.143. The van der Waals surface area contributed by atoms with Gasteiger partial charge in [0.2, 0.25) is 0 Å². The summed E-state index contributed by atoms with van der Waals surface area (Å²) in [6, 6.07) is 11.1. The van der Waals surface area contributed by atoms with Crippen LogP contribution in [0.25, 0.3) is 0 Å². The first-order chi connectivity index (χ1) is 14.9. The fourth-order valence-corrected chi connectivity index (χ4v) is 4.07. The number of hydrogen-bond donors (Lipinski definition) is 1. The summed E-state index contributed by atoms with van der Waals surface area (Å²) in [5, 5.41) is 0.286. The van der Waals surface area contributed by atoms with E-state index in [4.69, 9.17) is 22.7 Å². The first-order valence-electron chi connectivity index (χ1n) is 9.90. The minimum absolute atomic E-state index is 0.0101. The summed E-state index contributed by atoms with van der Waals surface area (Å²) in [5.74, 6) is 0.0228. The standard InChI is InChI=1S/C22H22F6N2OS/c23-21(24,25)17-8-14(9-18(10-17)22(26,27)28)12-31-13-16-6-7-30(20(29)32)11-19(16)15-4-2-1-3-5-15/h1-5,8-10,16,19H,6-7,11-13H2,(H2,29,32). The number of halogens is 6. The third-order valence-electron chi connectivity index (χ3n) is 5.54. The van der Waals surface area contributed by atoms with E-state index in [9.17, 15) is 26.3 Å². The average molecular weight is 476 g/mol. The maximum Gasteiger partial charge on any atom is 0.416 e. The molecule has 2 unspecified atom stereocenters. The molecule has 0 radical (unpaired) electrons. The summed E-state index contributed by atoms with van der Waals surface area (Å²) >= 11 is 5.08. The highest BCUT2D eigenvalue weighted by Crippen LogP contribution is 2.37. The number of thiocarbonyl (C=S) groups is 1. The summed E-state index contributed by atoms with van der Waals surface area (Å²) in [5.41, 5.74) is 3.94. The monoisotopic (exact) mass is 476 g/mol. The van der Waals surface area contributed by atoms with Crippen LogP contribution < -0.4 is 5.73 Å². The first kappa shape index (κ1) is 24.3. The van der Waals surface area contributed by atoms with Gasteiger partial charge in [0, 0.05) is 19.0 Å². The van der Waals surface area contributed by atoms with Crippen LogP contribution in [-0.4, -0.2) is 29.7 Å². The minimum Gasteiger partial charge on any atom is -0.376 e. The van der Waals surface area contributed by atoms with Gasteiger partial charge in [-0.1, -0.05) is 30.3 Å². The van der Waals surface area contributed by atoms with Gasteiger partial charge >= 0.3 is 12.4 Å². The third-order valence-corrected chi connectivity index (χ3v) is 5.80. The van der Waals surface area contributed by atoms with Crippen LogP contribution in [0.15, 0.2) is 48.5 Å². The lowest BCUT2D eigenvalue weighted by Gasteiger charge is -2.39. The van der Waals surface area contributed by atoms with Gasteiger partial charge in [-0.25, -0.2) is 0 Å². The largest absolute Gasteiger partial charge is 0.416 e. The maximum absolute atomic E-state index is 13.1. The van der Waals surface area contributed by atoms with Gasteiger partial charge in [-0.2, -0.15) is 26.3 Å². The molecular formula is C22H22F6N2OS. The molecular weight excluding hydrogens is 454 g/mol. The SMILES string of the molecule is NC(=S)N1CCC(COCc2cc(C(F)(F)F)cc(C(F)(F)F)c2)C(c2ccccc2)C1. The van der Waals surface area contributed by atoms with Crippen molar-refractivity contribution in [2.24, 2.45) is 11.7 Å². The van der Waals surface area contributed by atoms with Crippen molar-refractivity contribution in [1.82, 2.24) is 4.90 Å². The molecule has 0 spiro atoms. The Morgan fingerprint density at radius 3 is 2.12 bits per heavy atom. The maximum atomic E-state index is 13.1. The zero-order valence-corrected chi connectivity index (χ0v) is 17.7. The zero-order valence-electron chi connectivity index (χ0n) is 16.9. The molecule has 1 aliphatic rings. The molecule has 3 rings (SSSR count). The molecule has 2 aromatic rings. The van der Waals surface area contributed by atoms with E-state index in [1.807, 2.05) is 35.2 Å². The second-order valence-electron chi connectivity index (χ2n) is 7.78. The number of ether oxygens (including phenoxy) is 1. The molecule has 10 heteroatoms. The third kappa shape index (κ3) is 6.13. The number of likely N-dealkylation sites (tertiary alicyclic amines) is 1. The van der Waals surface area contributed by atoms with Crippen LogP contribution in [0.3, 0.4) is 0 Å². The number of piperidine rings is 1. The first-order valence-corrected chi connectivity index (χ1v) is 10.3. The fraction of sp³-hybridized carbons (Fsp3) is 0.409. The molecule has 0 aliphatic carbocycles. The molecule has 0 bridgehead atoms. The smallest absolute Gasteiger partial charge is 0.376 e.